The van der Waals surface area contributed by atoms with Crippen molar-refractivity contribution < 1.29 is 0 Å². The van der Waals surface area contributed by atoms with Crippen LogP contribution in [0.15, 0.2) is 49.3 Å². The average molecular weight is 248 g/mol. The van der Waals surface area contributed by atoms with Gasteiger partial charge in [-0.25, -0.2) is 4.98 Å². The lowest BCUT2D eigenvalue weighted by Crippen LogP contribution is -2.08. The minimum atomic E-state index is 0.694. The highest BCUT2D eigenvalue weighted by atomic mass is 35.5. The number of rotatable bonds is 5. The summed E-state index contributed by atoms with van der Waals surface area (Å²) in [6, 6.07) is 7.82. The van der Waals surface area contributed by atoms with Crippen LogP contribution in [-0.4, -0.2) is 16.1 Å². The fourth-order valence-corrected chi connectivity index (χ4v) is 1.77. The monoisotopic (exact) mass is 247 g/mol. The van der Waals surface area contributed by atoms with Gasteiger partial charge in [0.1, 0.15) is 0 Å². The molecular weight excluding hydrogens is 234 g/mol. The number of nitrogens with one attached hydrogen (secondary N) is 1. The molecule has 88 valence electrons. The number of benzene rings is 1. The molecule has 0 atom stereocenters. The summed E-state index contributed by atoms with van der Waals surface area (Å²) in [6.07, 6.45) is 5.49. The van der Waals surface area contributed by atoms with Gasteiger partial charge >= 0.3 is 0 Å². The summed E-state index contributed by atoms with van der Waals surface area (Å²) in [7, 11) is 0. The maximum atomic E-state index is 6.13. The van der Waals surface area contributed by atoms with Crippen molar-refractivity contribution >= 4 is 17.5 Å². The van der Waals surface area contributed by atoms with Gasteiger partial charge in [0.25, 0.3) is 0 Å². The predicted molar refractivity (Wildman–Crippen MR) is 71.5 cm³/mol. The third-order valence-electron chi connectivity index (χ3n) is 2.42. The van der Waals surface area contributed by atoms with Crippen molar-refractivity contribution in [3.63, 3.8) is 0 Å². The van der Waals surface area contributed by atoms with Gasteiger partial charge < -0.3 is 9.88 Å². The molecule has 0 aliphatic rings. The fourth-order valence-electron chi connectivity index (χ4n) is 1.58. The van der Waals surface area contributed by atoms with Crippen LogP contribution in [0.25, 0.3) is 0 Å². The molecule has 4 heteroatoms. The quantitative estimate of drug-likeness (QED) is 0.823. The van der Waals surface area contributed by atoms with Crippen LogP contribution in [0, 0.1) is 0 Å². The lowest BCUT2D eigenvalue weighted by Gasteiger charge is -2.09. The van der Waals surface area contributed by atoms with E-state index in [1.54, 1.807) is 12.3 Å². The van der Waals surface area contributed by atoms with Gasteiger partial charge in [0, 0.05) is 24.0 Å². The number of hydrogen-bond donors (Lipinski definition) is 1. The Labute approximate surface area is 106 Å². The van der Waals surface area contributed by atoms with Crippen LogP contribution in [0.2, 0.25) is 5.02 Å². The second kappa shape index (κ2) is 5.55. The Hall–Kier alpha value is -1.74. The number of imidazole rings is 1. The number of aromatic nitrogens is 2. The largest absolute Gasteiger partial charge is 0.352 e. The Morgan fingerprint density at radius 1 is 1.41 bits per heavy atom. The first-order chi connectivity index (χ1) is 8.31. The van der Waals surface area contributed by atoms with Crippen LogP contribution >= 0.6 is 11.6 Å². The normalized spacial score (nSPS) is 10.2. The van der Waals surface area contributed by atoms with E-state index >= 15 is 0 Å². The molecule has 0 amide bonds. The molecule has 1 N–H and O–H groups in total. The zero-order valence-corrected chi connectivity index (χ0v) is 10.2. The third-order valence-corrected chi connectivity index (χ3v) is 2.79. The van der Waals surface area contributed by atoms with Crippen molar-refractivity contribution in [1.82, 2.24) is 9.55 Å². The standard InChI is InChI=1S/C13H14ClN3/c1-2-7-15-13-16-8-9-17(13)10-11-5-3-4-6-12(11)14/h2-6,8-9H,1,7,10H2,(H,15,16). The van der Waals surface area contributed by atoms with Crippen molar-refractivity contribution in [3.8, 4) is 0 Å². The smallest absolute Gasteiger partial charge is 0.203 e. The summed E-state index contributed by atoms with van der Waals surface area (Å²) in [5.41, 5.74) is 1.08. The average Bonchev–Trinajstić information content (AvgIpc) is 2.77. The summed E-state index contributed by atoms with van der Waals surface area (Å²) in [5, 5.41) is 3.95. The summed E-state index contributed by atoms with van der Waals surface area (Å²) in [4.78, 5) is 4.24. The molecule has 0 aliphatic heterocycles. The number of hydrogen-bond acceptors (Lipinski definition) is 2. The molecule has 1 aromatic carbocycles. The number of nitrogens with zero attached hydrogens (tertiary/aromatic N) is 2. The highest BCUT2D eigenvalue weighted by Gasteiger charge is 2.04. The topological polar surface area (TPSA) is 29.9 Å². The molecule has 0 fully saturated rings. The number of halogens is 1. The fraction of sp³-hybridized carbons (Fsp3) is 0.154. The maximum absolute atomic E-state index is 6.13. The van der Waals surface area contributed by atoms with Crippen LogP contribution in [0.5, 0.6) is 0 Å². The van der Waals surface area contributed by atoms with E-state index in [1.807, 2.05) is 35.0 Å². The molecule has 0 unspecified atom stereocenters. The van der Waals surface area contributed by atoms with Crippen molar-refractivity contribution in [3.05, 3.63) is 59.9 Å². The van der Waals surface area contributed by atoms with Crippen molar-refractivity contribution in [1.29, 1.82) is 0 Å². The summed E-state index contributed by atoms with van der Waals surface area (Å²) >= 11 is 6.13. The molecule has 3 nitrogen and oxygen atoms in total. The van der Waals surface area contributed by atoms with E-state index in [2.05, 4.69) is 16.9 Å². The maximum Gasteiger partial charge on any atom is 0.203 e. The summed E-state index contributed by atoms with van der Waals surface area (Å²) in [5.74, 6) is 0.824. The molecule has 1 heterocycles. The first-order valence-electron chi connectivity index (χ1n) is 5.40. The van der Waals surface area contributed by atoms with E-state index in [0.717, 1.165) is 16.5 Å². The molecule has 0 radical (unpaired) electrons. The van der Waals surface area contributed by atoms with Gasteiger partial charge in [-0.1, -0.05) is 35.9 Å². The van der Waals surface area contributed by atoms with E-state index in [-0.39, 0.29) is 0 Å². The van der Waals surface area contributed by atoms with Gasteiger partial charge in [0.05, 0.1) is 6.54 Å². The van der Waals surface area contributed by atoms with Gasteiger partial charge in [-0.3, -0.25) is 0 Å². The van der Waals surface area contributed by atoms with Crippen LogP contribution in [-0.2, 0) is 6.54 Å². The van der Waals surface area contributed by atoms with E-state index < -0.39 is 0 Å². The molecule has 0 bridgehead atoms. The molecule has 2 rings (SSSR count). The Bertz CT molecular complexity index is 505. The first kappa shape index (κ1) is 11.7. The van der Waals surface area contributed by atoms with E-state index in [9.17, 15) is 0 Å². The highest BCUT2D eigenvalue weighted by molar-refractivity contribution is 6.31. The van der Waals surface area contributed by atoms with E-state index in [0.29, 0.717) is 13.1 Å². The molecule has 1 aromatic heterocycles. The van der Waals surface area contributed by atoms with Crippen molar-refractivity contribution in [2.24, 2.45) is 0 Å². The van der Waals surface area contributed by atoms with Crippen LogP contribution in [0.4, 0.5) is 5.95 Å². The summed E-state index contributed by atoms with van der Waals surface area (Å²) < 4.78 is 2.02. The molecular formula is C13H14ClN3. The predicted octanol–water partition coefficient (Wildman–Crippen LogP) is 3.18. The molecule has 0 saturated carbocycles. The lowest BCUT2D eigenvalue weighted by molar-refractivity contribution is 0.802. The molecule has 17 heavy (non-hydrogen) atoms. The van der Waals surface area contributed by atoms with Crippen molar-refractivity contribution in [2.75, 3.05) is 11.9 Å². The van der Waals surface area contributed by atoms with Gasteiger partial charge in [-0.2, -0.15) is 0 Å². The van der Waals surface area contributed by atoms with E-state index in [4.69, 9.17) is 11.6 Å². The van der Waals surface area contributed by atoms with Crippen molar-refractivity contribution in [2.45, 2.75) is 6.54 Å². The van der Waals surface area contributed by atoms with E-state index in [1.165, 1.54) is 0 Å². The Balaban J connectivity index is 2.16. The first-order valence-corrected chi connectivity index (χ1v) is 5.78. The Morgan fingerprint density at radius 3 is 3.00 bits per heavy atom. The second-order valence-corrected chi connectivity index (χ2v) is 4.05. The minimum absolute atomic E-state index is 0.694. The highest BCUT2D eigenvalue weighted by Crippen LogP contribution is 2.17. The third kappa shape index (κ3) is 2.88. The molecule has 2 aromatic rings. The summed E-state index contributed by atoms with van der Waals surface area (Å²) in [6.45, 7) is 5.07. The number of anilines is 1. The van der Waals surface area contributed by atoms with Gasteiger partial charge in [-0.15, -0.1) is 6.58 Å². The van der Waals surface area contributed by atoms with Gasteiger partial charge in [0.15, 0.2) is 0 Å². The lowest BCUT2D eigenvalue weighted by atomic mass is 10.2. The zero-order valence-electron chi connectivity index (χ0n) is 9.44. The van der Waals surface area contributed by atoms with Gasteiger partial charge in [-0.05, 0) is 11.6 Å². The molecule has 0 aliphatic carbocycles. The van der Waals surface area contributed by atoms with Crippen LogP contribution < -0.4 is 5.32 Å². The van der Waals surface area contributed by atoms with Gasteiger partial charge in [0.2, 0.25) is 5.95 Å². The molecule has 0 spiro atoms. The molecule has 0 saturated heterocycles. The minimum Gasteiger partial charge on any atom is -0.352 e. The Morgan fingerprint density at radius 2 is 2.24 bits per heavy atom. The SMILES string of the molecule is C=CCNc1nccn1Cc1ccccc1Cl. The Kier molecular flexibility index (Phi) is 3.83. The second-order valence-electron chi connectivity index (χ2n) is 3.64. The zero-order chi connectivity index (χ0) is 12.1. The van der Waals surface area contributed by atoms with Crippen LogP contribution in [0.1, 0.15) is 5.56 Å². The van der Waals surface area contributed by atoms with Crippen LogP contribution in [0.3, 0.4) is 0 Å².